The second-order valence-corrected chi connectivity index (χ2v) is 5.18. The van der Waals surface area contributed by atoms with Crippen LogP contribution in [0, 0.1) is 19.3 Å². The number of hydrogen-bond donors (Lipinski definition) is 1. The lowest BCUT2D eigenvalue weighted by Crippen LogP contribution is -2.10. The first-order valence-corrected chi connectivity index (χ1v) is 5.41. The van der Waals surface area contributed by atoms with Crippen LogP contribution in [0.15, 0.2) is 0 Å². The Morgan fingerprint density at radius 2 is 1.75 bits per heavy atom. The molecule has 1 N–H and O–H groups in total. The van der Waals surface area contributed by atoms with Crippen LogP contribution in [0.25, 0.3) is 0 Å². The summed E-state index contributed by atoms with van der Waals surface area (Å²) in [4.78, 5) is 19.6. The minimum absolute atomic E-state index is 0.238. The maximum absolute atomic E-state index is 11.0. The van der Waals surface area contributed by atoms with Crippen molar-refractivity contribution in [1.29, 1.82) is 0 Å². The lowest BCUT2D eigenvalue weighted by atomic mass is 10.1. The first-order valence-electron chi connectivity index (χ1n) is 5.41. The Labute approximate surface area is 94.7 Å². The third-order valence-corrected chi connectivity index (χ3v) is 3.33. The quantitative estimate of drug-likeness (QED) is 0.830. The molecular weight excluding hydrogens is 204 g/mol. The van der Waals surface area contributed by atoms with Crippen LogP contribution in [0.5, 0.6) is 0 Å². The van der Waals surface area contributed by atoms with Crippen LogP contribution in [0.2, 0.25) is 0 Å². The summed E-state index contributed by atoms with van der Waals surface area (Å²) in [6.45, 7) is 7.82. The maximum atomic E-state index is 11.0. The molecule has 1 aromatic rings. The molecule has 0 amide bonds. The van der Waals surface area contributed by atoms with Crippen molar-refractivity contribution < 1.29 is 9.90 Å². The average Bonchev–Trinajstić information content (AvgIpc) is 2.73. The molecule has 4 nitrogen and oxygen atoms in total. The molecule has 0 saturated heterocycles. The number of carboxylic acids is 1. The van der Waals surface area contributed by atoms with Gasteiger partial charge in [0.25, 0.3) is 0 Å². The van der Waals surface area contributed by atoms with Gasteiger partial charge in [0.05, 0.1) is 11.4 Å². The molecule has 16 heavy (non-hydrogen) atoms. The van der Waals surface area contributed by atoms with Crippen LogP contribution in [0.3, 0.4) is 0 Å². The SMILES string of the molecule is Cc1nc(C2CC2(C)C)nc(C)c1C(=O)O. The number of rotatable bonds is 2. The highest BCUT2D eigenvalue weighted by Gasteiger charge is 2.48. The highest BCUT2D eigenvalue weighted by molar-refractivity contribution is 5.89. The molecule has 0 bridgehead atoms. The summed E-state index contributed by atoms with van der Waals surface area (Å²) < 4.78 is 0. The fourth-order valence-electron chi connectivity index (χ4n) is 2.12. The number of aromatic nitrogens is 2. The van der Waals surface area contributed by atoms with Gasteiger partial charge in [0.1, 0.15) is 11.4 Å². The zero-order valence-corrected chi connectivity index (χ0v) is 10.0. The minimum atomic E-state index is -0.948. The standard InChI is InChI=1S/C12H16N2O2/c1-6-9(11(15)16)7(2)14-10(13-6)8-5-12(8,3)4/h8H,5H2,1-4H3,(H,15,16). The van der Waals surface area contributed by atoms with E-state index in [0.29, 0.717) is 17.3 Å². The van der Waals surface area contributed by atoms with Crippen molar-refractivity contribution in [2.24, 2.45) is 5.41 Å². The zero-order valence-electron chi connectivity index (χ0n) is 10.0. The van der Waals surface area contributed by atoms with E-state index in [4.69, 9.17) is 5.11 Å². The van der Waals surface area contributed by atoms with E-state index >= 15 is 0 Å². The van der Waals surface area contributed by atoms with E-state index < -0.39 is 5.97 Å². The summed E-state index contributed by atoms with van der Waals surface area (Å²) in [5, 5.41) is 9.01. The first kappa shape index (κ1) is 11.0. The third kappa shape index (κ3) is 1.68. The predicted molar refractivity (Wildman–Crippen MR) is 59.6 cm³/mol. The van der Waals surface area contributed by atoms with Gasteiger partial charge in [-0.3, -0.25) is 0 Å². The second-order valence-electron chi connectivity index (χ2n) is 5.18. The summed E-state index contributed by atoms with van der Waals surface area (Å²) in [5.41, 5.74) is 1.64. The normalized spacial score (nSPS) is 21.9. The number of nitrogens with zero attached hydrogens (tertiary/aromatic N) is 2. The van der Waals surface area contributed by atoms with Crippen molar-refractivity contribution in [2.45, 2.75) is 40.0 Å². The van der Waals surface area contributed by atoms with Crippen LogP contribution in [-0.4, -0.2) is 21.0 Å². The van der Waals surface area contributed by atoms with Gasteiger partial charge in [0.15, 0.2) is 0 Å². The van der Waals surface area contributed by atoms with Crippen LogP contribution in [0.4, 0.5) is 0 Å². The minimum Gasteiger partial charge on any atom is -0.478 e. The fraction of sp³-hybridized carbons (Fsp3) is 0.583. The monoisotopic (exact) mass is 220 g/mol. The van der Waals surface area contributed by atoms with Gasteiger partial charge >= 0.3 is 5.97 Å². The molecular formula is C12H16N2O2. The van der Waals surface area contributed by atoms with E-state index in [-0.39, 0.29) is 11.0 Å². The maximum Gasteiger partial charge on any atom is 0.339 e. The van der Waals surface area contributed by atoms with Crippen molar-refractivity contribution in [1.82, 2.24) is 9.97 Å². The molecule has 1 aliphatic carbocycles. The van der Waals surface area contributed by atoms with Crippen LogP contribution < -0.4 is 0 Å². The predicted octanol–water partition coefficient (Wildman–Crippen LogP) is 2.31. The molecule has 2 rings (SSSR count). The Kier molecular flexibility index (Phi) is 2.26. The van der Waals surface area contributed by atoms with E-state index in [9.17, 15) is 4.79 Å². The molecule has 86 valence electrons. The number of carboxylic acid groups (broad SMARTS) is 1. The first-order chi connectivity index (χ1) is 7.33. The van der Waals surface area contributed by atoms with Gasteiger partial charge in [0.2, 0.25) is 0 Å². The largest absolute Gasteiger partial charge is 0.478 e. The fourth-order valence-corrected chi connectivity index (χ4v) is 2.12. The van der Waals surface area contributed by atoms with E-state index in [1.165, 1.54) is 0 Å². The molecule has 1 unspecified atom stereocenters. The van der Waals surface area contributed by atoms with Gasteiger partial charge in [-0.1, -0.05) is 13.8 Å². The van der Waals surface area contributed by atoms with Crippen LogP contribution >= 0.6 is 0 Å². The summed E-state index contributed by atoms with van der Waals surface area (Å²) in [6.07, 6.45) is 1.08. The Bertz CT molecular complexity index is 443. The lowest BCUT2D eigenvalue weighted by Gasteiger charge is -2.08. The Hall–Kier alpha value is -1.45. The van der Waals surface area contributed by atoms with Gasteiger partial charge in [-0.15, -0.1) is 0 Å². The average molecular weight is 220 g/mol. The number of aryl methyl sites for hydroxylation is 2. The lowest BCUT2D eigenvalue weighted by molar-refractivity contribution is 0.0694. The van der Waals surface area contributed by atoms with Gasteiger partial charge in [-0.25, -0.2) is 14.8 Å². The molecule has 1 aromatic heterocycles. The molecule has 4 heteroatoms. The van der Waals surface area contributed by atoms with Crippen LogP contribution in [-0.2, 0) is 0 Å². The molecule has 1 fully saturated rings. The smallest absolute Gasteiger partial charge is 0.339 e. The van der Waals surface area contributed by atoms with Gasteiger partial charge in [0, 0.05) is 5.92 Å². The zero-order chi connectivity index (χ0) is 12.1. The summed E-state index contributed by atoms with van der Waals surface area (Å²) in [7, 11) is 0. The molecule has 0 aromatic carbocycles. The number of aromatic carboxylic acids is 1. The molecule has 1 saturated carbocycles. The van der Waals surface area contributed by atoms with E-state index in [1.807, 2.05) is 0 Å². The highest BCUT2D eigenvalue weighted by Crippen LogP contribution is 2.57. The molecule has 0 spiro atoms. The topological polar surface area (TPSA) is 63.1 Å². The van der Waals surface area contributed by atoms with Crippen molar-refractivity contribution >= 4 is 5.97 Å². The summed E-state index contributed by atoms with van der Waals surface area (Å²) in [5.74, 6) is 0.231. The van der Waals surface area contributed by atoms with Crippen molar-refractivity contribution in [3.8, 4) is 0 Å². The van der Waals surface area contributed by atoms with Crippen molar-refractivity contribution in [3.05, 3.63) is 22.8 Å². The van der Waals surface area contributed by atoms with Crippen molar-refractivity contribution in [3.63, 3.8) is 0 Å². The molecule has 0 radical (unpaired) electrons. The Morgan fingerprint density at radius 3 is 2.06 bits per heavy atom. The Balaban J connectivity index is 2.43. The summed E-state index contributed by atoms with van der Waals surface area (Å²) >= 11 is 0. The molecule has 1 atom stereocenters. The van der Waals surface area contributed by atoms with Gasteiger partial charge < -0.3 is 5.11 Å². The molecule has 1 heterocycles. The molecule has 1 aliphatic rings. The summed E-state index contributed by atoms with van der Waals surface area (Å²) in [6, 6.07) is 0. The van der Waals surface area contributed by atoms with Gasteiger partial charge in [-0.2, -0.15) is 0 Å². The van der Waals surface area contributed by atoms with E-state index in [0.717, 1.165) is 12.2 Å². The number of carbonyl (C=O) groups is 1. The highest BCUT2D eigenvalue weighted by atomic mass is 16.4. The third-order valence-electron chi connectivity index (χ3n) is 3.33. The van der Waals surface area contributed by atoms with E-state index in [1.54, 1.807) is 13.8 Å². The Morgan fingerprint density at radius 1 is 1.31 bits per heavy atom. The van der Waals surface area contributed by atoms with Gasteiger partial charge in [-0.05, 0) is 25.7 Å². The van der Waals surface area contributed by atoms with Crippen molar-refractivity contribution in [2.75, 3.05) is 0 Å². The second kappa shape index (κ2) is 3.27. The van der Waals surface area contributed by atoms with E-state index in [2.05, 4.69) is 23.8 Å². The van der Waals surface area contributed by atoms with Crippen LogP contribution in [0.1, 0.15) is 53.8 Å². The number of hydrogen-bond acceptors (Lipinski definition) is 3. The molecule has 0 aliphatic heterocycles.